The van der Waals surface area contributed by atoms with E-state index in [1.165, 1.54) is 30.0 Å². The van der Waals surface area contributed by atoms with E-state index in [0.29, 0.717) is 27.7 Å². The van der Waals surface area contributed by atoms with Gasteiger partial charge in [0.25, 0.3) is 5.56 Å². The Bertz CT molecular complexity index is 1400. The van der Waals surface area contributed by atoms with Gasteiger partial charge >= 0.3 is 0 Å². The Hall–Kier alpha value is -3.23. The average molecular weight is 476 g/mol. The molecule has 2 aromatic carbocycles. The van der Waals surface area contributed by atoms with Gasteiger partial charge in [0.05, 0.1) is 16.8 Å². The molecule has 0 atom stereocenters. The molecule has 2 aromatic heterocycles. The van der Waals surface area contributed by atoms with Crippen LogP contribution >= 0.6 is 23.1 Å². The van der Waals surface area contributed by atoms with E-state index in [4.69, 9.17) is 4.98 Å². The van der Waals surface area contributed by atoms with Crippen LogP contribution < -0.4 is 10.9 Å². The summed E-state index contributed by atoms with van der Waals surface area (Å²) in [6.07, 6.45) is 2.23. The number of nitrogens with one attached hydrogen (secondary N) is 1. The Labute approximate surface area is 198 Å². The fourth-order valence-corrected chi connectivity index (χ4v) is 5.71. The van der Waals surface area contributed by atoms with Crippen LogP contribution in [-0.4, -0.2) is 27.0 Å². The predicted molar refractivity (Wildman–Crippen MR) is 133 cm³/mol. The number of fused-ring (bicyclic) bond motifs is 1. The lowest BCUT2D eigenvalue weighted by atomic mass is 10.1. The summed E-state index contributed by atoms with van der Waals surface area (Å²) in [7, 11) is 0. The van der Waals surface area contributed by atoms with Crippen molar-refractivity contribution in [3.8, 4) is 5.69 Å². The van der Waals surface area contributed by atoms with Gasteiger partial charge in [-0.3, -0.25) is 19.0 Å². The van der Waals surface area contributed by atoms with Gasteiger partial charge in [-0.2, -0.15) is 0 Å². The van der Waals surface area contributed by atoms with Gasteiger partial charge in [0.15, 0.2) is 10.9 Å². The number of hydrogen-bond donors (Lipinski definition) is 1. The highest BCUT2D eigenvalue weighted by Gasteiger charge is 2.29. The number of Topliss-reactive ketones (excluding diaryl/α,β-unsaturated/α-hetero) is 1. The van der Waals surface area contributed by atoms with Crippen molar-refractivity contribution in [1.82, 2.24) is 9.55 Å². The zero-order valence-electron chi connectivity index (χ0n) is 17.9. The second kappa shape index (κ2) is 8.96. The topological polar surface area (TPSA) is 81.1 Å². The van der Waals surface area contributed by atoms with Crippen LogP contribution in [0.4, 0.5) is 5.69 Å². The van der Waals surface area contributed by atoms with Crippen molar-refractivity contribution < 1.29 is 9.59 Å². The molecule has 1 N–H and O–H groups in total. The summed E-state index contributed by atoms with van der Waals surface area (Å²) in [5.41, 5.74) is 2.94. The van der Waals surface area contributed by atoms with Crippen molar-refractivity contribution in [2.24, 2.45) is 0 Å². The monoisotopic (exact) mass is 475 g/mol. The van der Waals surface area contributed by atoms with E-state index in [2.05, 4.69) is 10.7 Å². The molecule has 33 heavy (non-hydrogen) atoms. The standard InChI is InChI=1S/C25H21N3O3S2/c1-15(29)26-18-11-9-17(10-12-18)21(30)14-33-25-27-23-22(20(13-32-23)16-7-8-16)24(31)28(25)19-5-3-2-4-6-19/h2-6,9-13,16H,7-8,14H2,1H3,(H,26,29). The number of nitrogens with zero attached hydrogens (tertiary/aromatic N) is 2. The molecule has 0 saturated heterocycles. The van der Waals surface area contributed by atoms with E-state index in [1.54, 1.807) is 28.8 Å². The van der Waals surface area contributed by atoms with Crippen molar-refractivity contribution in [2.75, 3.05) is 11.1 Å². The molecule has 1 saturated carbocycles. The molecular formula is C25H21N3O3S2. The second-order valence-corrected chi connectivity index (χ2v) is 9.79. The van der Waals surface area contributed by atoms with Gasteiger partial charge in [-0.1, -0.05) is 30.0 Å². The zero-order valence-corrected chi connectivity index (χ0v) is 19.5. The van der Waals surface area contributed by atoms with E-state index < -0.39 is 0 Å². The molecule has 1 aliphatic rings. The molecular weight excluding hydrogens is 454 g/mol. The van der Waals surface area contributed by atoms with Crippen LogP contribution in [0.5, 0.6) is 0 Å². The number of hydrogen-bond acceptors (Lipinski definition) is 6. The van der Waals surface area contributed by atoms with Crippen LogP contribution in [-0.2, 0) is 4.79 Å². The molecule has 1 amide bonds. The number of carbonyl (C=O) groups is 2. The first-order valence-corrected chi connectivity index (χ1v) is 12.5. The highest BCUT2D eigenvalue weighted by Crippen LogP contribution is 2.44. The fraction of sp³-hybridized carbons (Fsp3) is 0.200. The molecule has 2 heterocycles. The molecule has 8 heteroatoms. The number of rotatable bonds is 7. The molecule has 6 nitrogen and oxygen atoms in total. The summed E-state index contributed by atoms with van der Waals surface area (Å²) >= 11 is 2.76. The number of aromatic nitrogens is 2. The maximum Gasteiger partial charge on any atom is 0.267 e. The van der Waals surface area contributed by atoms with Crippen LogP contribution in [0.15, 0.2) is 69.9 Å². The summed E-state index contributed by atoms with van der Waals surface area (Å²) in [6.45, 7) is 1.44. The SMILES string of the molecule is CC(=O)Nc1ccc(C(=O)CSc2nc3scc(C4CC4)c3c(=O)n2-c2ccccc2)cc1. The number of para-hydroxylation sites is 1. The molecule has 5 rings (SSSR count). The second-order valence-electron chi connectivity index (χ2n) is 7.99. The van der Waals surface area contributed by atoms with E-state index in [1.807, 2.05) is 30.3 Å². The molecule has 0 bridgehead atoms. The number of ketones is 1. The van der Waals surface area contributed by atoms with Gasteiger partial charge in [0, 0.05) is 18.2 Å². The van der Waals surface area contributed by atoms with Crippen LogP contribution in [0.1, 0.15) is 41.6 Å². The summed E-state index contributed by atoms with van der Waals surface area (Å²) < 4.78 is 1.62. The summed E-state index contributed by atoms with van der Waals surface area (Å²) in [6, 6.07) is 16.2. The van der Waals surface area contributed by atoms with Crippen molar-refractivity contribution in [2.45, 2.75) is 30.8 Å². The van der Waals surface area contributed by atoms with Crippen molar-refractivity contribution >= 4 is 50.7 Å². The Morgan fingerprint density at radius 3 is 2.52 bits per heavy atom. The first kappa shape index (κ1) is 21.6. The number of amides is 1. The molecule has 0 radical (unpaired) electrons. The number of benzene rings is 2. The normalized spacial score (nSPS) is 13.2. The van der Waals surface area contributed by atoms with Gasteiger partial charge in [-0.05, 0) is 66.1 Å². The molecule has 1 aliphatic carbocycles. The fourth-order valence-electron chi connectivity index (χ4n) is 3.75. The molecule has 1 fully saturated rings. The van der Waals surface area contributed by atoms with Gasteiger partial charge in [-0.15, -0.1) is 11.3 Å². The van der Waals surface area contributed by atoms with Crippen LogP contribution in [0.3, 0.4) is 0 Å². The van der Waals surface area contributed by atoms with Crippen LogP contribution in [0.2, 0.25) is 0 Å². The summed E-state index contributed by atoms with van der Waals surface area (Å²) in [5.74, 6) is 0.361. The third kappa shape index (κ3) is 4.49. The van der Waals surface area contributed by atoms with Gasteiger partial charge in [-0.25, -0.2) is 4.98 Å². The first-order chi connectivity index (χ1) is 16.0. The summed E-state index contributed by atoms with van der Waals surface area (Å²) in [5, 5.41) is 5.96. The molecule has 0 aliphatic heterocycles. The first-order valence-electron chi connectivity index (χ1n) is 10.6. The van der Waals surface area contributed by atoms with E-state index in [-0.39, 0.29) is 23.0 Å². The predicted octanol–water partition coefficient (Wildman–Crippen LogP) is 5.26. The lowest BCUT2D eigenvalue weighted by molar-refractivity contribution is -0.114. The van der Waals surface area contributed by atoms with Gasteiger partial charge in [0.2, 0.25) is 5.91 Å². The lowest BCUT2D eigenvalue weighted by Crippen LogP contribution is -2.22. The third-order valence-corrected chi connectivity index (χ3v) is 7.33. The van der Waals surface area contributed by atoms with Crippen molar-refractivity contribution in [3.05, 3.63) is 81.5 Å². The molecule has 4 aromatic rings. The Morgan fingerprint density at radius 2 is 1.85 bits per heavy atom. The van der Waals surface area contributed by atoms with E-state index in [0.717, 1.165) is 28.9 Å². The van der Waals surface area contributed by atoms with Crippen LogP contribution in [0, 0.1) is 0 Å². The molecule has 0 unspecified atom stereocenters. The van der Waals surface area contributed by atoms with E-state index >= 15 is 0 Å². The van der Waals surface area contributed by atoms with Crippen molar-refractivity contribution in [3.63, 3.8) is 0 Å². The van der Waals surface area contributed by atoms with Crippen molar-refractivity contribution in [1.29, 1.82) is 0 Å². The number of carbonyl (C=O) groups excluding carboxylic acids is 2. The molecule has 166 valence electrons. The maximum absolute atomic E-state index is 13.6. The highest BCUT2D eigenvalue weighted by atomic mass is 32.2. The number of thiophene rings is 1. The largest absolute Gasteiger partial charge is 0.326 e. The van der Waals surface area contributed by atoms with Gasteiger partial charge in [0.1, 0.15) is 4.83 Å². The highest BCUT2D eigenvalue weighted by molar-refractivity contribution is 7.99. The molecule has 0 spiro atoms. The lowest BCUT2D eigenvalue weighted by Gasteiger charge is -2.12. The minimum atomic E-state index is -0.164. The Kier molecular flexibility index (Phi) is 5.86. The summed E-state index contributed by atoms with van der Waals surface area (Å²) in [4.78, 5) is 43.1. The minimum Gasteiger partial charge on any atom is -0.326 e. The number of anilines is 1. The Morgan fingerprint density at radius 1 is 1.12 bits per heavy atom. The number of thioether (sulfide) groups is 1. The third-order valence-electron chi connectivity index (χ3n) is 5.50. The van der Waals surface area contributed by atoms with E-state index in [9.17, 15) is 14.4 Å². The van der Waals surface area contributed by atoms with Gasteiger partial charge < -0.3 is 5.32 Å². The minimum absolute atomic E-state index is 0.0758. The average Bonchev–Trinajstić information content (AvgIpc) is 3.57. The van der Waals surface area contributed by atoms with Crippen LogP contribution in [0.25, 0.3) is 15.9 Å². The Balaban J connectivity index is 1.47. The quantitative estimate of drug-likeness (QED) is 0.224. The zero-order chi connectivity index (χ0) is 22.9. The maximum atomic E-state index is 13.6. The smallest absolute Gasteiger partial charge is 0.267 e.